The van der Waals surface area contributed by atoms with Gasteiger partial charge in [-0.05, 0) is 30.5 Å². The molecule has 0 radical (unpaired) electrons. The monoisotopic (exact) mass is 238 g/mol. The first-order valence-corrected chi connectivity index (χ1v) is 6.41. The average Bonchev–Trinajstić information content (AvgIpc) is 2.33. The number of nitrogens with two attached hydrogens (primary N) is 1. The minimum atomic E-state index is -0.157. The number of halogens is 1. The Labute approximate surface area is 103 Å². The number of hydrogen-bond acceptors (Lipinski definition) is 2. The van der Waals surface area contributed by atoms with Crippen LogP contribution in [0.2, 0.25) is 0 Å². The van der Waals surface area contributed by atoms with Gasteiger partial charge in [0.05, 0.1) is 0 Å². The van der Waals surface area contributed by atoms with Crippen molar-refractivity contribution in [1.82, 2.24) is 5.43 Å². The zero-order valence-corrected chi connectivity index (χ0v) is 10.8. The summed E-state index contributed by atoms with van der Waals surface area (Å²) in [7, 11) is 0. The van der Waals surface area contributed by atoms with Crippen molar-refractivity contribution >= 4 is 0 Å². The summed E-state index contributed by atoms with van der Waals surface area (Å²) in [6.45, 7) is 3.98. The van der Waals surface area contributed by atoms with Crippen LogP contribution in [0.3, 0.4) is 0 Å². The first-order valence-electron chi connectivity index (χ1n) is 6.41. The van der Waals surface area contributed by atoms with Crippen LogP contribution in [-0.2, 0) is 0 Å². The van der Waals surface area contributed by atoms with Crippen LogP contribution < -0.4 is 11.3 Å². The summed E-state index contributed by atoms with van der Waals surface area (Å²) >= 11 is 0. The topological polar surface area (TPSA) is 38.0 Å². The molecule has 0 saturated carbocycles. The van der Waals surface area contributed by atoms with E-state index in [0.29, 0.717) is 5.56 Å². The highest BCUT2D eigenvalue weighted by Crippen LogP contribution is 2.21. The molecule has 0 aliphatic carbocycles. The predicted octanol–water partition coefficient (Wildman–Crippen LogP) is 3.61. The standard InChI is InChI=1S/C14H23FN2/c1-3-4-5-6-7-14(17-16)12-8-9-13(15)11(2)10-12/h8-10,14,17H,3-7,16H2,1-2H3. The quantitative estimate of drug-likeness (QED) is 0.432. The number of nitrogens with one attached hydrogen (secondary N) is 1. The van der Waals surface area contributed by atoms with Crippen LogP contribution in [0.4, 0.5) is 4.39 Å². The van der Waals surface area contributed by atoms with E-state index in [4.69, 9.17) is 5.84 Å². The zero-order chi connectivity index (χ0) is 12.7. The van der Waals surface area contributed by atoms with Crippen molar-refractivity contribution in [3.63, 3.8) is 0 Å². The van der Waals surface area contributed by atoms with Crippen LogP contribution in [0.15, 0.2) is 18.2 Å². The van der Waals surface area contributed by atoms with Crippen LogP contribution in [-0.4, -0.2) is 0 Å². The molecular weight excluding hydrogens is 215 g/mol. The lowest BCUT2D eigenvalue weighted by Gasteiger charge is -2.17. The number of rotatable bonds is 7. The fraction of sp³-hybridized carbons (Fsp3) is 0.571. The third kappa shape index (κ3) is 4.44. The molecule has 0 saturated heterocycles. The maximum Gasteiger partial charge on any atom is 0.126 e. The second-order valence-electron chi connectivity index (χ2n) is 4.58. The summed E-state index contributed by atoms with van der Waals surface area (Å²) in [6, 6.07) is 5.33. The maximum atomic E-state index is 13.2. The molecule has 1 aromatic rings. The van der Waals surface area contributed by atoms with Gasteiger partial charge in [0.1, 0.15) is 5.82 Å². The van der Waals surface area contributed by atoms with Crippen LogP contribution in [0, 0.1) is 12.7 Å². The Morgan fingerprint density at radius 3 is 2.65 bits per heavy atom. The Balaban J connectivity index is 2.56. The van der Waals surface area contributed by atoms with Crippen LogP contribution in [0.1, 0.15) is 56.2 Å². The van der Waals surface area contributed by atoms with Gasteiger partial charge in [0.15, 0.2) is 0 Å². The van der Waals surface area contributed by atoms with Crippen molar-refractivity contribution in [3.8, 4) is 0 Å². The van der Waals surface area contributed by atoms with E-state index in [2.05, 4.69) is 12.3 Å². The van der Waals surface area contributed by atoms with Gasteiger partial charge in [0.2, 0.25) is 0 Å². The van der Waals surface area contributed by atoms with Crippen molar-refractivity contribution in [2.45, 2.75) is 52.0 Å². The molecule has 1 unspecified atom stereocenters. The van der Waals surface area contributed by atoms with Gasteiger partial charge in [-0.1, -0.05) is 44.7 Å². The molecule has 2 nitrogen and oxygen atoms in total. The predicted molar refractivity (Wildman–Crippen MR) is 70.0 cm³/mol. The largest absolute Gasteiger partial charge is 0.271 e. The zero-order valence-electron chi connectivity index (χ0n) is 10.8. The van der Waals surface area contributed by atoms with E-state index in [1.807, 2.05) is 12.1 Å². The summed E-state index contributed by atoms with van der Waals surface area (Å²) in [5.41, 5.74) is 4.57. The molecule has 3 N–H and O–H groups in total. The number of hydrazine groups is 1. The first-order chi connectivity index (χ1) is 8.19. The van der Waals surface area contributed by atoms with Gasteiger partial charge in [-0.3, -0.25) is 11.3 Å². The van der Waals surface area contributed by atoms with Gasteiger partial charge < -0.3 is 0 Å². The molecule has 1 rings (SSSR count). The summed E-state index contributed by atoms with van der Waals surface area (Å²) in [6.07, 6.45) is 5.88. The van der Waals surface area contributed by atoms with E-state index >= 15 is 0 Å². The molecule has 1 atom stereocenters. The van der Waals surface area contributed by atoms with Crippen LogP contribution >= 0.6 is 0 Å². The first kappa shape index (κ1) is 14.1. The van der Waals surface area contributed by atoms with Crippen LogP contribution in [0.25, 0.3) is 0 Å². The molecule has 3 heteroatoms. The minimum Gasteiger partial charge on any atom is -0.271 e. The second kappa shape index (κ2) is 7.41. The molecule has 0 amide bonds. The highest BCUT2D eigenvalue weighted by molar-refractivity contribution is 5.26. The molecule has 17 heavy (non-hydrogen) atoms. The second-order valence-corrected chi connectivity index (χ2v) is 4.58. The summed E-state index contributed by atoms with van der Waals surface area (Å²) in [5, 5.41) is 0. The van der Waals surface area contributed by atoms with Gasteiger partial charge in [-0.2, -0.15) is 0 Å². The van der Waals surface area contributed by atoms with E-state index in [9.17, 15) is 4.39 Å². The third-order valence-corrected chi connectivity index (χ3v) is 3.13. The maximum absolute atomic E-state index is 13.2. The fourth-order valence-corrected chi connectivity index (χ4v) is 2.01. The third-order valence-electron chi connectivity index (χ3n) is 3.13. The molecular formula is C14H23FN2. The molecule has 0 heterocycles. The van der Waals surface area contributed by atoms with Crippen molar-refractivity contribution in [2.75, 3.05) is 0 Å². The SMILES string of the molecule is CCCCCCC(NN)c1ccc(F)c(C)c1. The van der Waals surface area contributed by atoms with E-state index in [-0.39, 0.29) is 11.9 Å². The number of unbranched alkanes of at least 4 members (excludes halogenated alkanes) is 3. The molecule has 0 aromatic heterocycles. The Bertz CT molecular complexity index is 339. The van der Waals surface area contributed by atoms with Gasteiger partial charge in [-0.25, -0.2) is 4.39 Å². The summed E-state index contributed by atoms with van der Waals surface area (Å²) in [4.78, 5) is 0. The fourth-order valence-electron chi connectivity index (χ4n) is 2.01. The number of benzene rings is 1. The Morgan fingerprint density at radius 1 is 1.29 bits per heavy atom. The van der Waals surface area contributed by atoms with Crippen molar-refractivity contribution in [1.29, 1.82) is 0 Å². The lowest BCUT2D eigenvalue weighted by Crippen LogP contribution is -2.28. The van der Waals surface area contributed by atoms with Gasteiger partial charge in [0.25, 0.3) is 0 Å². The van der Waals surface area contributed by atoms with Gasteiger partial charge in [-0.15, -0.1) is 0 Å². The molecule has 0 bridgehead atoms. The highest BCUT2D eigenvalue weighted by Gasteiger charge is 2.10. The van der Waals surface area contributed by atoms with E-state index in [0.717, 1.165) is 18.4 Å². The summed E-state index contributed by atoms with van der Waals surface area (Å²) < 4.78 is 13.2. The Kier molecular flexibility index (Phi) is 6.16. The molecule has 0 aliphatic heterocycles. The van der Waals surface area contributed by atoms with Gasteiger partial charge >= 0.3 is 0 Å². The van der Waals surface area contributed by atoms with Crippen molar-refractivity contribution < 1.29 is 4.39 Å². The van der Waals surface area contributed by atoms with Crippen molar-refractivity contribution in [3.05, 3.63) is 35.1 Å². The molecule has 96 valence electrons. The molecule has 1 aromatic carbocycles. The number of hydrogen-bond donors (Lipinski definition) is 2. The van der Waals surface area contributed by atoms with Crippen molar-refractivity contribution in [2.24, 2.45) is 5.84 Å². The molecule has 0 spiro atoms. The van der Waals surface area contributed by atoms with Crippen LogP contribution in [0.5, 0.6) is 0 Å². The van der Waals surface area contributed by atoms with E-state index < -0.39 is 0 Å². The Morgan fingerprint density at radius 2 is 2.06 bits per heavy atom. The molecule has 0 aliphatic rings. The normalized spacial score (nSPS) is 12.7. The van der Waals surface area contributed by atoms with Gasteiger partial charge in [0, 0.05) is 6.04 Å². The Hall–Kier alpha value is -0.930. The smallest absolute Gasteiger partial charge is 0.126 e. The lowest BCUT2D eigenvalue weighted by atomic mass is 9.99. The lowest BCUT2D eigenvalue weighted by molar-refractivity contribution is 0.480. The van der Waals surface area contributed by atoms with E-state index in [1.54, 1.807) is 6.92 Å². The molecule has 0 fully saturated rings. The van der Waals surface area contributed by atoms with E-state index in [1.165, 1.54) is 25.3 Å². The number of aryl methyl sites for hydroxylation is 1. The summed E-state index contributed by atoms with van der Waals surface area (Å²) in [5.74, 6) is 5.41. The highest BCUT2D eigenvalue weighted by atomic mass is 19.1. The average molecular weight is 238 g/mol. The minimum absolute atomic E-state index is 0.131.